The van der Waals surface area contributed by atoms with Gasteiger partial charge in [0.25, 0.3) is 0 Å². The topological polar surface area (TPSA) is 285 Å². The summed E-state index contributed by atoms with van der Waals surface area (Å²) in [5.74, 6) is 8.69. The summed E-state index contributed by atoms with van der Waals surface area (Å²) in [6.07, 6.45) is 19.9. The number of amides is 4. The predicted molar refractivity (Wildman–Crippen MR) is 524 cm³/mol. The molecule has 0 spiro atoms. The Balaban J connectivity index is 0.000000131. The van der Waals surface area contributed by atoms with Gasteiger partial charge in [0.15, 0.2) is 6.61 Å². The first kappa shape index (κ1) is 94.2. The zero-order valence-electron chi connectivity index (χ0n) is 75.5. The number of hydrogen-bond donors (Lipinski definition) is 4. The molecule has 0 aliphatic carbocycles. The number of aromatic amines is 4. The number of hydrogen-bond acceptors (Lipinski definition) is 16. The molecule has 19 rings (SSSR count). The van der Waals surface area contributed by atoms with Crippen molar-refractivity contribution in [3.05, 3.63) is 332 Å². The second kappa shape index (κ2) is 44.7. The zero-order valence-corrected chi connectivity index (χ0v) is 78.5. The van der Waals surface area contributed by atoms with Crippen LogP contribution in [0, 0.1) is 11.8 Å². The summed E-state index contributed by atoms with van der Waals surface area (Å²) in [6.45, 7) is 22.6. The van der Waals surface area contributed by atoms with E-state index in [9.17, 15) is 19.2 Å². The first-order valence-electron chi connectivity index (χ1n) is 45.1. The van der Waals surface area contributed by atoms with Crippen LogP contribution < -0.4 is 18.9 Å². The molecule has 4 amide bonds. The first-order chi connectivity index (χ1) is 65.9. The van der Waals surface area contributed by atoms with Crippen molar-refractivity contribution in [2.75, 3.05) is 79.0 Å². The summed E-state index contributed by atoms with van der Waals surface area (Å²) in [6, 6.07) is 53.8. The standard InChI is InChI=1S/C28H27ClN4O3.C26H26ClN5O3.C26H27ClN4O3.C24H25ClN2O3/c1-2-3-16-36-28(34)33-14-11-23-24-18-21(29)7-10-25(24)31-26(23)27(33)20-5-8-22(9-6-20)35-17-4-13-32-15-12-30-19-32;1-2-13-35-26(33)32-12-10-21-22-15-19(27)6-9-23(22)30-24(21)25(32)18-4-7-20(8-5-18)34-14-3-11-31-17-28-16-29-31;1-2-33-26(32)31-13-10-21-22-16-19(27)6-9-23(22)29-24(21)25(31)18-4-7-20(8-5-18)34-15-3-12-30-14-11-28-17-30;1-4-29-24(28)27-12-11-19-20-13-17(25)7-10-21(20)26-22(19)23(27)16-5-8-18(9-6-16)30-14-15(2)3/h5-10,12,15,18-19,27,31H,4,11,13-14,16-17H2,1H3;2,4-9,15-17,25,30H,1,3,10-14H2;4-9,11,14,16-17,25,29H,2-3,10,12-13,15H2,1H3;5-10,13,23,26H,2,4,11-12,14H2,1,3H3. The second-order valence-corrected chi connectivity index (χ2v) is 34.6. The molecule has 4 N–H and O–H groups in total. The molecule has 0 saturated heterocycles. The highest BCUT2D eigenvalue weighted by Gasteiger charge is 2.41. The number of fused-ring (bicyclic) bond motifs is 12. The lowest BCUT2D eigenvalue weighted by Crippen LogP contribution is -2.41. The van der Waals surface area contributed by atoms with Crippen LogP contribution in [0.4, 0.5) is 19.2 Å². The lowest BCUT2D eigenvalue weighted by atomic mass is 9.92. The number of nitrogens with zero attached hydrogens (tertiary/aromatic N) is 11. The highest BCUT2D eigenvalue weighted by Crippen LogP contribution is 2.46. The van der Waals surface area contributed by atoms with Crippen LogP contribution in [0.3, 0.4) is 0 Å². The predicted octanol–water partition coefficient (Wildman–Crippen LogP) is 22.2. The van der Waals surface area contributed by atoms with E-state index >= 15 is 0 Å². The summed E-state index contributed by atoms with van der Waals surface area (Å²) in [7, 11) is 0. The molecule has 0 radical (unpaired) electrons. The minimum absolute atomic E-state index is 0.0690. The molecule has 4 aliphatic heterocycles. The highest BCUT2D eigenvalue weighted by molar-refractivity contribution is 6.32. The molecule has 4 aliphatic rings. The molecular formula is C104H105Cl4N15O12. The molecule has 4 unspecified atom stereocenters. The van der Waals surface area contributed by atoms with Crippen LogP contribution in [0.25, 0.3) is 43.6 Å². The lowest BCUT2D eigenvalue weighted by Gasteiger charge is -2.35. The monoisotopic (exact) mass is 1900 g/mol. The molecule has 0 fully saturated rings. The normalized spacial score (nSPS) is 15.2. The number of carbonyl (C=O) groups is 4. The van der Waals surface area contributed by atoms with Crippen molar-refractivity contribution in [2.24, 2.45) is 0 Å². The van der Waals surface area contributed by atoms with Gasteiger partial charge in [0.2, 0.25) is 0 Å². The molecule has 11 heterocycles. The van der Waals surface area contributed by atoms with Gasteiger partial charge in [-0.3, -0.25) is 24.3 Å². The number of rotatable bonds is 27. The van der Waals surface area contributed by atoms with Crippen LogP contribution in [0.5, 0.6) is 23.0 Å². The van der Waals surface area contributed by atoms with Gasteiger partial charge in [-0.15, -0.1) is 5.92 Å². The molecule has 8 aromatic carbocycles. The Kier molecular flexibility index (Phi) is 31.2. The van der Waals surface area contributed by atoms with E-state index in [0.717, 1.165) is 169 Å². The molecule has 15 aromatic rings. The molecule has 31 heteroatoms. The zero-order chi connectivity index (χ0) is 93.9. The molecule has 7 aromatic heterocycles. The Morgan fingerprint density at radius 1 is 0.437 bits per heavy atom. The van der Waals surface area contributed by atoms with Gasteiger partial charge >= 0.3 is 24.4 Å². The van der Waals surface area contributed by atoms with Crippen molar-refractivity contribution in [3.8, 4) is 34.8 Å². The van der Waals surface area contributed by atoms with Gasteiger partial charge in [0, 0.05) is 163 Å². The number of nitrogens with one attached hydrogen (secondary N) is 4. The van der Waals surface area contributed by atoms with Gasteiger partial charge in [-0.05, 0) is 238 Å². The van der Waals surface area contributed by atoms with Crippen molar-refractivity contribution >= 4 is 114 Å². The minimum Gasteiger partial charge on any atom is -0.494 e. The van der Waals surface area contributed by atoms with E-state index in [-0.39, 0.29) is 61.8 Å². The Labute approximate surface area is 802 Å². The molecule has 4 atom stereocenters. The second-order valence-electron chi connectivity index (χ2n) is 32.8. The van der Waals surface area contributed by atoms with E-state index in [2.05, 4.69) is 65.0 Å². The number of halogens is 4. The fourth-order valence-electron chi connectivity index (χ4n) is 17.8. The van der Waals surface area contributed by atoms with Crippen LogP contribution in [0.2, 0.25) is 20.1 Å². The van der Waals surface area contributed by atoms with Gasteiger partial charge in [-0.25, -0.2) is 34.1 Å². The van der Waals surface area contributed by atoms with Crippen molar-refractivity contribution in [1.29, 1.82) is 0 Å². The van der Waals surface area contributed by atoms with Crippen LogP contribution in [0.1, 0.15) is 138 Å². The van der Waals surface area contributed by atoms with Crippen molar-refractivity contribution in [2.45, 2.75) is 116 Å². The lowest BCUT2D eigenvalue weighted by molar-refractivity contribution is 0.0924. The number of H-pyrrole nitrogens is 4. The van der Waals surface area contributed by atoms with E-state index in [1.807, 2.05) is 212 Å². The Bertz CT molecular complexity index is 6670. The Morgan fingerprint density at radius 2 is 0.770 bits per heavy atom. The Hall–Kier alpha value is -14.0. The number of aromatic nitrogens is 11. The highest BCUT2D eigenvalue weighted by atomic mass is 35.5. The molecule has 0 bridgehead atoms. The maximum atomic E-state index is 13.0. The maximum absolute atomic E-state index is 13.0. The number of carbonyl (C=O) groups excluding carboxylic acids is 4. The quantitative estimate of drug-likeness (QED) is 0.0161. The maximum Gasteiger partial charge on any atom is 0.411 e. The average Bonchev–Trinajstić information content (AvgIpc) is 1.62. The van der Waals surface area contributed by atoms with Crippen LogP contribution in [-0.2, 0) is 64.3 Å². The van der Waals surface area contributed by atoms with E-state index < -0.39 is 0 Å². The largest absolute Gasteiger partial charge is 0.494 e. The third-order valence-electron chi connectivity index (χ3n) is 23.9. The number of benzene rings is 8. The summed E-state index contributed by atoms with van der Waals surface area (Å²) >= 11 is 25.1. The van der Waals surface area contributed by atoms with Crippen LogP contribution >= 0.6 is 46.4 Å². The summed E-state index contributed by atoms with van der Waals surface area (Å²) in [4.78, 5) is 84.9. The van der Waals surface area contributed by atoms with E-state index in [4.69, 9.17) is 84.3 Å². The first-order valence-corrected chi connectivity index (χ1v) is 46.6. The van der Waals surface area contributed by atoms with Gasteiger partial charge < -0.3 is 67.0 Å². The SMILES string of the molecule is C=C(C)COc1ccc(C2c3[nH]c4ccc(Cl)cc4c3CCN2C(=O)OCC)cc1.C=CCOC(=O)N1CCc2c([nH]c3ccc(Cl)cc23)C1c1ccc(OCCCn2cncn2)cc1.CC#CCOC(=O)N1CCc2c([nH]c3ccc(Cl)cc23)C1c1ccc(OCCCn2ccnc2)cc1.CCOC(=O)N1CCc2c([nH]c3ccc(Cl)cc23)C1c1ccc(OCCCn2ccnc2)cc1. The third-order valence-corrected chi connectivity index (χ3v) is 24.9. The number of ether oxygens (including phenoxy) is 8. The number of imidazole rings is 2. The summed E-state index contributed by atoms with van der Waals surface area (Å²) in [5, 5.41) is 11.3. The summed E-state index contributed by atoms with van der Waals surface area (Å²) < 4.78 is 50.9. The van der Waals surface area contributed by atoms with Gasteiger partial charge in [0.05, 0.1) is 45.7 Å². The summed E-state index contributed by atoms with van der Waals surface area (Å²) in [5.41, 5.74) is 17.6. The van der Waals surface area contributed by atoms with E-state index in [1.165, 1.54) is 28.6 Å². The van der Waals surface area contributed by atoms with E-state index in [0.29, 0.717) is 98.8 Å². The van der Waals surface area contributed by atoms with Crippen molar-refractivity contribution in [1.82, 2.24) is 73.4 Å². The molecule has 696 valence electrons. The minimum atomic E-state index is -0.384. The Morgan fingerprint density at radius 3 is 1.07 bits per heavy atom. The van der Waals surface area contributed by atoms with Crippen LogP contribution in [0.15, 0.2) is 245 Å². The average molecular weight is 1900 g/mol. The molecule has 27 nitrogen and oxygen atoms in total. The molecular weight excluding hydrogens is 1790 g/mol. The fraction of sp³-hybridized carbons (Fsp3) is 0.288. The molecule has 135 heavy (non-hydrogen) atoms. The molecule has 0 saturated carbocycles. The number of aryl methyl sites for hydroxylation is 3. The smallest absolute Gasteiger partial charge is 0.411 e. The van der Waals surface area contributed by atoms with E-state index in [1.54, 1.807) is 68.7 Å². The van der Waals surface area contributed by atoms with Gasteiger partial charge in [-0.1, -0.05) is 120 Å². The van der Waals surface area contributed by atoms with Gasteiger partial charge in [-0.2, -0.15) is 5.10 Å². The fourth-order valence-corrected chi connectivity index (χ4v) is 18.5. The van der Waals surface area contributed by atoms with Crippen LogP contribution in [-0.4, -0.2) is 177 Å². The van der Waals surface area contributed by atoms with Gasteiger partial charge in [0.1, 0.15) is 73.0 Å². The van der Waals surface area contributed by atoms with Crippen molar-refractivity contribution < 1.29 is 57.1 Å². The van der Waals surface area contributed by atoms with Crippen molar-refractivity contribution in [3.63, 3.8) is 0 Å². The third kappa shape index (κ3) is 22.6.